The second-order valence-electron chi connectivity index (χ2n) is 4.42. The molecule has 0 amide bonds. The molecule has 1 unspecified atom stereocenters. The molecule has 0 aromatic heterocycles. The second kappa shape index (κ2) is 7.94. The molecule has 0 heterocycles. The highest BCUT2D eigenvalue weighted by Gasteiger charge is 2.49. The van der Waals surface area contributed by atoms with Crippen LogP contribution < -0.4 is 0 Å². The zero-order valence-electron chi connectivity index (χ0n) is 11.8. The molecule has 112 valence electrons. The number of carbonyl (C=O) groups excluding carboxylic acids is 1. The number of carbonyl (C=O) groups is 1. The van der Waals surface area contributed by atoms with E-state index < -0.39 is 18.0 Å². The van der Waals surface area contributed by atoms with Gasteiger partial charge in [-0.25, -0.2) is 4.79 Å². The normalized spacial score (nSPS) is 13.0. The molecule has 1 rings (SSSR count). The molecule has 0 bridgehead atoms. The first-order valence-electron chi connectivity index (χ1n) is 6.72. The highest BCUT2D eigenvalue weighted by molar-refractivity contribution is 5.78. The number of hydrogen-bond donors (Lipinski definition) is 0. The number of rotatable bonds is 8. The van der Waals surface area contributed by atoms with Gasteiger partial charge in [-0.15, -0.1) is 0 Å². The smallest absolute Gasteiger partial charge is 0.379 e. The van der Waals surface area contributed by atoms with Crippen LogP contribution in [0, 0.1) is 0 Å². The van der Waals surface area contributed by atoms with Gasteiger partial charge in [0.25, 0.3) is 0 Å². The van der Waals surface area contributed by atoms with Crippen molar-refractivity contribution < 1.29 is 23.0 Å². The van der Waals surface area contributed by atoms with E-state index in [1.165, 1.54) is 6.92 Å². The van der Waals surface area contributed by atoms with Gasteiger partial charge in [0.1, 0.15) is 6.10 Å². The Hall–Kier alpha value is -1.49. The Balaban J connectivity index is 2.70. The fraction of sp³-hybridized carbons (Fsp3) is 0.533. The second-order valence-corrected chi connectivity index (χ2v) is 4.42. The van der Waals surface area contributed by atoms with E-state index in [9.17, 15) is 13.6 Å². The summed E-state index contributed by atoms with van der Waals surface area (Å²) in [6.07, 6.45) is -0.876. The third-order valence-corrected chi connectivity index (χ3v) is 2.80. The van der Waals surface area contributed by atoms with Gasteiger partial charge in [0.05, 0.1) is 13.2 Å². The van der Waals surface area contributed by atoms with E-state index in [0.717, 1.165) is 5.56 Å². The van der Waals surface area contributed by atoms with Crippen LogP contribution in [0.1, 0.15) is 32.3 Å². The van der Waals surface area contributed by atoms with Crippen molar-refractivity contribution in [2.45, 2.75) is 45.3 Å². The maximum absolute atomic E-state index is 14.0. The van der Waals surface area contributed by atoms with Gasteiger partial charge in [0.2, 0.25) is 0 Å². The van der Waals surface area contributed by atoms with Crippen molar-refractivity contribution in [3.8, 4) is 0 Å². The summed E-state index contributed by atoms with van der Waals surface area (Å²) in [5.74, 6) is -5.15. The molecule has 0 radical (unpaired) electrons. The summed E-state index contributed by atoms with van der Waals surface area (Å²) in [4.78, 5) is 11.3. The highest BCUT2D eigenvalue weighted by atomic mass is 19.3. The van der Waals surface area contributed by atoms with E-state index in [1.807, 2.05) is 6.07 Å². The van der Waals surface area contributed by atoms with Crippen LogP contribution in [0.2, 0.25) is 0 Å². The molecule has 3 nitrogen and oxygen atoms in total. The van der Waals surface area contributed by atoms with Crippen molar-refractivity contribution in [3.05, 3.63) is 35.9 Å². The van der Waals surface area contributed by atoms with Crippen LogP contribution in [0.15, 0.2) is 30.3 Å². The quantitative estimate of drug-likeness (QED) is 0.685. The summed E-state index contributed by atoms with van der Waals surface area (Å²) in [7, 11) is 0. The number of benzene rings is 1. The maximum Gasteiger partial charge on any atom is 0.379 e. The lowest BCUT2D eigenvalue weighted by atomic mass is 10.1. The van der Waals surface area contributed by atoms with E-state index >= 15 is 0 Å². The van der Waals surface area contributed by atoms with Gasteiger partial charge in [0, 0.05) is 0 Å². The van der Waals surface area contributed by atoms with Crippen LogP contribution in [0.3, 0.4) is 0 Å². The van der Waals surface area contributed by atoms with E-state index in [1.54, 1.807) is 31.2 Å². The van der Waals surface area contributed by atoms with Crippen LogP contribution in [0.4, 0.5) is 8.78 Å². The summed E-state index contributed by atoms with van der Waals surface area (Å²) >= 11 is 0. The SMILES string of the molecule is CCCC(OCc1ccccc1)C(F)(F)C(=O)OCC. The van der Waals surface area contributed by atoms with Crippen LogP contribution in [0.25, 0.3) is 0 Å². The van der Waals surface area contributed by atoms with Gasteiger partial charge < -0.3 is 9.47 Å². The first-order chi connectivity index (χ1) is 9.52. The van der Waals surface area contributed by atoms with Gasteiger partial charge in [0.15, 0.2) is 0 Å². The summed E-state index contributed by atoms with van der Waals surface area (Å²) in [6.45, 7) is 3.22. The van der Waals surface area contributed by atoms with E-state index in [4.69, 9.17) is 4.74 Å². The van der Waals surface area contributed by atoms with E-state index in [-0.39, 0.29) is 19.6 Å². The number of hydrogen-bond acceptors (Lipinski definition) is 3. The minimum atomic E-state index is -3.62. The number of alkyl halides is 2. The predicted molar refractivity (Wildman–Crippen MR) is 71.5 cm³/mol. The molecule has 0 aliphatic rings. The van der Waals surface area contributed by atoms with Crippen LogP contribution in [-0.4, -0.2) is 24.6 Å². The molecular weight excluding hydrogens is 266 g/mol. The molecule has 0 N–H and O–H groups in total. The molecule has 0 aliphatic carbocycles. The molecule has 0 spiro atoms. The first-order valence-corrected chi connectivity index (χ1v) is 6.72. The molecular formula is C15H20F2O3. The summed E-state index contributed by atoms with van der Waals surface area (Å²) in [5.41, 5.74) is 0.785. The molecule has 20 heavy (non-hydrogen) atoms. The monoisotopic (exact) mass is 286 g/mol. The molecule has 1 aromatic carbocycles. The van der Waals surface area contributed by atoms with Crippen LogP contribution in [-0.2, 0) is 20.9 Å². The average Bonchev–Trinajstić information content (AvgIpc) is 2.44. The number of halogens is 2. The predicted octanol–water partition coefficient (Wildman–Crippen LogP) is 3.57. The molecule has 0 fully saturated rings. The minimum Gasteiger partial charge on any atom is -0.461 e. The van der Waals surface area contributed by atoms with Crippen molar-refractivity contribution in [2.75, 3.05) is 6.61 Å². The van der Waals surface area contributed by atoms with Crippen molar-refractivity contribution in [1.82, 2.24) is 0 Å². The lowest BCUT2D eigenvalue weighted by Gasteiger charge is -2.25. The average molecular weight is 286 g/mol. The Labute approximate surface area is 117 Å². The Morgan fingerprint density at radius 2 is 1.90 bits per heavy atom. The molecule has 0 aliphatic heterocycles. The fourth-order valence-electron chi connectivity index (χ4n) is 1.76. The third-order valence-electron chi connectivity index (χ3n) is 2.80. The van der Waals surface area contributed by atoms with Gasteiger partial charge in [-0.1, -0.05) is 43.7 Å². The topological polar surface area (TPSA) is 35.5 Å². The third kappa shape index (κ3) is 4.56. The molecule has 1 aromatic rings. The summed E-state index contributed by atoms with van der Waals surface area (Å²) in [6, 6.07) is 9.01. The lowest BCUT2D eigenvalue weighted by molar-refractivity contribution is -0.197. The first kappa shape index (κ1) is 16.6. The van der Waals surface area contributed by atoms with E-state index in [0.29, 0.717) is 6.42 Å². The van der Waals surface area contributed by atoms with Gasteiger partial charge in [-0.05, 0) is 18.9 Å². The maximum atomic E-state index is 14.0. The summed E-state index contributed by atoms with van der Waals surface area (Å²) < 4.78 is 37.6. The number of esters is 1. The lowest BCUT2D eigenvalue weighted by Crippen LogP contribution is -2.44. The zero-order chi connectivity index (χ0) is 15.0. The highest BCUT2D eigenvalue weighted by Crippen LogP contribution is 2.27. The molecule has 0 saturated heterocycles. The Bertz CT molecular complexity index is 407. The van der Waals surface area contributed by atoms with Crippen molar-refractivity contribution in [1.29, 1.82) is 0 Å². The Kier molecular flexibility index (Phi) is 6.58. The van der Waals surface area contributed by atoms with E-state index in [2.05, 4.69) is 4.74 Å². The number of ether oxygens (including phenoxy) is 2. The van der Waals surface area contributed by atoms with Gasteiger partial charge in [-0.2, -0.15) is 8.78 Å². The van der Waals surface area contributed by atoms with Crippen LogP contribution >= 0.6 is 0 Å². The Morgan fingerprint density at radius 3 is 2.45 bits per heavy atom. The van der Waals surface area contributed by atoms with Crippen molar-refractivity contribution >= 4 is 5.97 Å². The van der Waals surface area contributed by atoms with Crippen molar-refractivity contribution in [3.63, 3.8) is 0 Å². The summed E-state index contributed by atoms with van der Waals surface area (Å²) in [5, 5.41) is 0. The van der Waals surface area contributed by atoms with Gasteiger partial charge in [-0.3, -0.25) is 0 Å². The zero-order valence-corrected chi connectivity index (χ0v) is 11.8. The molecule has 5 heteroatoms. The standard InChI is InChI=1S/C15H20F2O3/c1-3-8-13(15(16,17)14(18)19-4-2)20-11-12-9-6-5-7-10-12/h5-7,9-10,13H,3-4,8,11H2,1-2H3. The fourth-order valence-corrected chi connectivity index (χ4v) is 1.76. The van der Waals surface area contributed by atoms with Crippen LogP contribution in [0.5, 0.6) is 0 Å². The molecule has 0 saturated carbocycles. The van der Waals surface area contributed by atoms with Crippen molar-refractivity contribution in [2.24, 2.45) is 0 Å². The minimum absolute atomic E-state index is 0.0422. The molecule has 1 atom stereocenters. The van der Waals surface area contributed by atoms with Gasteiger partial charge >= 0.3 is 11.9 Å². The largest absolute Gasteiger partial charge is 0.461 e. The Morgan fingerprint density at radius 1 is 1.25 bits per heavy atom.